The van der Waals surface area contributed by atoms with Crippen molar-refractivity contribution in [3.8, 4) is 11.3 Å². The van der Waals surface area contributed by atoms with Crippen molar-refractivity contribution in [2.45, 2.75) is 0 Å². The SMILES string of the molecule is NC1=NC(=O)C(=Cc2cn[nH]c2-c2ccccc2)S1. The Morgan fingerprint density at radius 1 is 1.26 bits per heavy atom. The minimum atomic E-state index is -0.303. The molecule has 94 valence electrons. The molecule has 1 aliphatic heterocycles. The lowest BCUT2D eigenvalue weighted by Crippen LogP contribution is -2.01. The Morgan fingerprint density at radius 2 is 2.05 bits per heavy atom. The van der Waals surface area contributed by atoms with E-state index in [-0.39, 0.29) is 11.1 Å². The minimum Gasteiger partial charge on any atom is -0.378 e. The second kappa shape index (κ2) is 4.74. The number of amidine groups is 1. The molecule has 6 heteroatoms. The maximum atomic E-state index is 11.6. The van der Waals surface area contributed by atoms with Crippen LogP contribution in [0, 0.1) is 0 Å². The number of hydrogen-bond donors (Lipinski definition) is 2. The monoisotopic (exact) mass is 270 g/mol. The zero-order valence-electron chi connectivity index (χ0n) is 9.83. The zero-order valence-corrected chi connectivity index (χ0v) is 10.6. The van der Waals surface area contributed by atoms with Gasteiger partial charge in [0, 0.05) is 11.1 Å². The lowest BCUT2D eigenvalue weighted by atomic mass is 10.1. The second-order valence-electron chi connectivity index (χ2n) is 3.93. The largest absolute Gasteiger partial charge is 0.378 e. The maximum absolute atomic E-state index is 11.6. The van der Waals surface area contributed by atoms with Crippen molar-refractivity contribution in [2.24, 2.45) is 10.7 Å². The molecule has 1 aromatic heterocycles. The first-order chi connectivity index (χ1) is 9.24. The fraction of sp³-hybridized carbons (Fsp3) is 0. The molecule has 0 atom stereocenters. The zero-order chi connectivity index (χ0) is 13.2. The van der Waals surface area contributed by atoms with Gasteiger partial charge in [-0.1, -0.05) is 30.3 Å². The summed E-state index contributed by atoms with van der Waals surface area (Å²) in [5.41, 5.74) is 8.24. The van der Waals surface area contributed by atoms with Gasteiger partial charge in [0.05, 0.1) is 16.8 Å². The van der Waals surface area contributed by atoms with Crippen LogP contribution in [-0.4, -0.2) is 21.3 Å². The third-order valence-corrected chi connectivity index (χ3v) is 3.47. The van der Waals surface area contributed by atoms with Gasteiger partial charge in [-0.25, -0.2) is 0 Å². The number of amides is 1. The van der Waals surface area contributed by atoms with Crippen molar-refractivity contribution >= 4 is 28.9 Å². The summed E-state index contributed by atoms with van der Waals surface area (Å²) in [6.07, 6.45) is 3.43. The number of carbonyl (C=O) groups excluding carboxylic acids is 1. The van der Waals surface area contributed by atoms with Gasteiger partial charge in [0.15, 0.2) is 5.17 Å². The molecule has 0 unspecified atom stereocenters. The van der Waals surface area contributed by atoms with E-state index in [0.717, 1.165) is 16.8 Å². The molecule has 0 spiro atoms. The molecule has 0 radical (unpaired) electrons. The molecule has 3 N–H and O–H groups in total. The van der Waals surface area contributed by atoms with Crippen molar-refractivity contribution in [3.63, 3.8) is 0 Å². The quantitative estimate of drug-likeness (QED) is 0.817. The lowest BCUT2D eigenvalue weighted by Gasteiger charge is -1.99. The molecule has 3 rings (SSSR count). The number of aliphatic imine (C=N–C) groups is 1. The van der Waals surface area contributed by atoms with E-state index in [2.05, 4.69) is 15.2 Å². The number of nitrogens with two attached hydrogens (primary N) is 1. The highest BCUT2D eigenvalue weighted by molar-refractivity contribution is 8.18. The van der Waals surface area contributed by atoms with Crippen molar-refractivity contribution in [3.05, 3.63) is 47.0 Å². The molecular weight excluding hydrogens is 260 g/mol. The third-order valence-electron chi connectivity index (χ3n) is 2.65. The highest BCUT2D eigenvalue weighted by atomic mass is 32.2. The lowest BCUT2D eigenvalue weighted by molar-refractivity contribution is -0.113. The van der Waals surface area contributed by atoms with Crippen molar-refractivity contribution < 1.29 is 4.79 Å². The van der Waals surface area contributed by atoms with Crippen LogP contribution in [0.4, 0.5) is 0 Å². The molecule has 1 aromatic carbocycles. The summed E-state index contributed by atoms with van der Waals surface area (Å²) < 4.78 is 0. The van der Waals surface area contributed by atoms with Gasteiger partial charge in [0.2, 0.25) is 0 Å². The predicted molar refractivity (Wildman–Crippen MR) is 76.2 cm³/mol. The number of thioether (sulfide) groups is 1. The van der Waals surface area contributed by atoms with Crippen LogP contribution in [0.2, 0.25) is 0 Å². The van der Waals surface area contributed by atoms with E-state index >= 15 is 0 Å². The van der Waals surface area contributed by atoms with E-state index in [4.69, 9.17) is 5.73 Å². The Kier molecular flexibility index (Phi) is 2.92. The van der Waals surface area contributed by atoms with Crippen LogP contribution in [0.25, 0.3) is 17.3 Å². The minimum absolute atomic E-state index is 0.279. The molecule has 0 fully saturated rings. The van der Waals surface area contributed by atoms with Crippen molar-refractivity contribution in [1.82, 2.24) is 10.2 Å². The average molecular weight is 270 g/mol. The Labute approximate surface area is 113 Å². The molecular formula is C13H10N4OS. The summed E-state index contributed by atoms with van der Waals surface area (Å²) in [5.74, 6) is -0.303. The second-order valence-corrected chi connectivity index (χ2v) is 4.99. The maximum Gasteiger partial charge on any atom is 0.286 e. The highest BCUT2D eigenvalue weighted by Gasteiger charge is 2.20. The number of nitrogens with one attached hydrogen (secondary N) is 1. The Morgan fingerprint density at radius 3 is 2.74 bits per heavy atom. The molecule has 2 heterocycles. The number of benzene rings is 1. The first-order valence-electron chi connectivity index (χ1n) is 5.61. The third kappa shape index (κ3) is 2.30. The Hall–Kier alpha value is -2.34. The van der Waals surface area contributed by atoms with Gasteiger partial charge in [-0.2, -0.15) is 10.1 Å². The standard InChI is InChI=1S/C13H10N4OS/c14-13-16-12(18)10(19-13)6-9-7-15-17-11(9)8-4-2-1-3-5-8/h1-7H,(H,15,17)(H2,14,16,18). The van der Waals surface area contributed by atoms with Gasteiger partial charge in [-0.3, -0.25) is 9.89 Å². The van der Waals surface area contributed by atoms with Crippen molar-refractivity contribution in [2.75, 3.05) is 0 Å². The van der Waals surface area contributed by atoms with Crippen LogP contribution >= 0.6 is 11.8 Å². The van der Waals surface area contributed by atoms with E-state index in [1.54, 1.807) is 12.3 Å². The van der Waals surface area contributed by atoms with Crippen LogP contribution in [-0.2, 0) is 4.79 Å². The van der Waals surface area contributed by atoms with Gasteiger partial charge < -0.3 is 5.73 Å². The van der Waals surface area contributed by atoms with Gasteiger partial charge in [-0.05, 0) is 17.8 Å². The van der Waals surface area contributed by atoms with Crippen LogP contribution in [0.1, 0.15) is 5.56 Å². The van der Waals surface area contributed by atoms with E-state index in [1.807, 2.05) is 30.3 Å². The summed E-state index contributed by atoms with van der Waals surface area (Å²) in [6, 6.07) is 9.80. The van der Waals surface area contributed by atoms with Crippen LogP contribution in [0.15, 0.2) is 46.4 Å². The summed E-state index contributed by atoms with van der Waals surface area (Å²) in [5, 5.41) is 7.24. The van der Waals surface area contributed by atoms with Crippen LogP contribution in [0.5, 0.6) is 0 Å². The van der Waals surface area contributed by atoms with E-state index in [0.29, 0.717) is 4.91 Å². The fourth-order valence-electron chi connectivity index (χ4n) is 1.81. The number of nitrogens with zero attached hydrogens (tertiary/aromatic N) is 2. The average Bonchev–Trinajstić information content (AvgIpc) is 2.98. The molecule has 1 amide bonds. The summed E-state index contributed by atoms with van der Waals surface area (Å²) in [7, 11) is 0. The number of hydrogen-bond acceptors (Lipinski definition) is 4. The molecule has 2 aromatic rings. The topological polar surface area (TPSA) is 84.1 Å². The van der Waals surface area contributed by atoms with E-state index in [1.165, 1.54) is 11.8 Å². The number of rotatable bonds is 2. The molecule has 19 heavy (non-hydrogen) atoms. The van der Waals surface area contributed by atoms with Crippen molar-refractivity contribution in [1.29, 1.82) is 0 Å². The van der Waals surface area contributed by atoms with Crippen LogP contribution in [0.3, 0.4) is 0 Å². The molecule has 0 bridgehead atoms. The number of aromatic nitrogens is 2. The molecule has 0 aliphatic carbocycles. The molecule has 1 aliphatic rings. The van der Waals surface area contributed by atoms with E-state index in [9.17, 15) is 4.79 Å². The smallest absolute Gasteiger partial charge is 0.286 e. The van der Waals surface area contributed by atoms with Gasteiger partial charge in [-0.15, -0.1) is 0 Å². The molecule has 0 saturated carbocycles. The normalized spacial score (nSPS) is 16.9. The first-order valence-corrected chi connectivity index (χ1v) is 6.42. The number of aromatic amines is 1. The highest BCUT2D eigenvalue weighted by Crippen LogP contribution is 2.29. The Balaban J connectivity index is 1.99. The van der Waals surface area contributed by atoms with Gasteiger partial charge in [0.1, 0.15) is 0 Å². The van der Waals surface area contributed by atoms with Crippen LogP contribution < -0.4 is 5.73 Å². The predicted octanol–water partition coefficient (Wildman–Crippen LogP) is 2.01. The summed E-state index contributed by atoms with van der Waals surface area (Å²) in [4.78, 5) is 15.8. The first kappa shape index (κ1) is 11.7. The van der Waals surface area contributed by atoms with E-state index < -0.39 is 0 Å². The summed E-state index contributed by atoms with van der Waals surface area (Å²) >= 11 is 1.17. The molecule has 0 saturated heterocycles. The fourth-order valence-corrected chi connectivity index (χ4v) is 2.48. The van der Waals surface area contributed by atoms with Gasteiger partial charge >= 0.3 is 0 Å². The Bertz CT molecular complexity index is 688. The molecule has 5 nitrogen and oxygen atoms in total. The number of carbonyl (C=O) groups is 1. The number of H-pyrrole nitrogens is 1. The van der Waals surface area contributed by atoms with Gasteiger partial charge in [0.25, 0.3) is 5.91 Å². The summed E-state index contributed by atoms with van der Waals surface area (Å²) in [6.45, 7) is 0.